The monoisotopic (exact) mass is 142 g/mol. The first kappa shape index (κ1) is 7.61. The van der Waals surface area contributed by atoms with Gasteiger partial charge in [-0.05, 0) is 12.0 Å². The van der Waals surface area contributed by atoms with Crippen LogP contribution in [0.3, 0.4) is 0 Å². The summed E-state index contributed by atoms with van der Waals surface area (Å²) in [6.07, 6.45) is 4.69. The van der Waals surface area contributed by atoms with Crippen LogP contribution < -0.4 is 0 Å². The number of hydrogen-bond acceptors (Lipinski definition) is 2. The summed E-state index contributed by atoms with van der Waals surface area (Å²) in [6, 6.07) is 0. The Labute approximate surface area is 61.8 Å². The van der Waals surface area contributed by atoms with Gasteiger partial charge in [0.15, 0.2) is 0 Å². The molecule has 1 heterocycles. The van der Waals surface area contributed by atoms with Crippen LogP contribution in [0.25, 0.3) is 0 Å². The Hall–Kier alpha value is -0.500. The normalized spacial score (nSPS) is 39.3. The van der Waals surface area contributed by atoms with E-state index in [2.05, 4.69) is 6.92 Å². The van der Waals surface area contributed by atoms with E-state index < -0.39 is 5.79 Å². The maximum absolute atomic E-state index is 5.28. The van der Waals surface area contributed by atoms with Gasteiger partial charge in [-0.2, -0.15) is 0 Å². The third-order valence-corrected chi connectivity index (χ3v) is 1.85. The fraction of sp³-hybridized carbons (Fsp3) is 0.750. The highest BCUT2D eigenvalue weighted by molar-refractivity contribution is 4.89. The van der Waals surface area contributed by atoms with E-state index >= 15 is 0 Å². The van der Waals surface area contributed by atoms with Crippen molar-refractivity contribution < 1.29 is 9.47 Å². The Balaban J connectivity index is 2.58. The minimum Gasteiger partial charge on any atom is -0.471 e. The van der Waals surface area contributed by atoms with Crippen LogP contribution in [0.4, 0.5) is 0 Å². The molecular formula is C8H14O2. The first-order valence-electron chi connectivity index (χ1n) is 3.56. The van der Waals surface area contributed by atoms with Crippen LogP contribution in [0.15, 0.2) is 12.3 Å². The van der Waals surface area contributed by atoms with Crippen molar-refractivity contribution in [2.75, 3.05) is 7.11 Å². The van der Waals surface area contributed by atoms with Gasteiger partial charge >= 0.3 is 0 Å². The quantitative estimate of drug-likeness (QED) is 0.557. The third kappa shape index (κ3) is 1.51. The molecule has 10 heavy (non-hydrogen) atoms. The first-order valence-corrected chi connectivity index (χ1v) is 3.56. The first-order chi connectivity index (χ1) is 4.66. The van der Waals surface area contributed by atoms with Crippen LogP contribution >= 0.6 is 0 Å². The van der Waals surface area contributed by atoms with E-state index in [1.165, 1.54) is 0 Å². The van der Waals surface area contributed by atoms with Gasteiger partial charge in [0, 0.05) is 20.5 Å². The molecule has 0 saturated heterocycles. The molecule has 2 unspecified atom stereocenters. The van der Waals surface area contributed by atoms with Gasteiger partial charge in [0.2, 0.25) is 5.79 Å². The second-order valence-corrected chi connectivity index (χ2v) is 2.97. The lowest BCUT2D eigenvalue weighted by Crippen LogP contribution is -2.33. The largest absolute Gasteiger partial charge is 0.471 e. The highest BCUT2D eigenvalue weighted by Crippen LogP contribution is 2.26. The van der Waals surface area contributed by atoms with Crippen molar-refractivity contribution >= 4 is 0 Å². The maximum Gasteiger partial charge on any atom is 0.207 e. The lowest BCUT2D eigenvalue weighted by Gasteiger charge is -2.32. The van der Waals surface area contributed by atoms with Crippen molar-refractivity contribution in [2.24, 2.45) is 5.92 Å². The SMILES string of the molecule is COC1(C)CC(C)C=CO1. The van der Waals surface area contributed by atoms with Crippen LogP contribution in [0.5, 0.6) is 0 Å². The topological polar surface area (TPSA) is 18.5 Å². The Kier molecular flexibility index (Phi) is 2.00. The molecule has 2 atom stereocenters. The number of allylic oxidation sites excluding steroid dienone is 1. The van der Waals surface area contributed by atoms with E-state index in [1.54, 1.807) is 13.4 Å². The Morgan fingerprint density at radius 1 is 1.70 bits per heavy atom. The van der Waals surface area contributed by atoms with Crippen molar-refractivity contribution in [1.29, 1.82) is 0 Å². The van der Waals surface area contributed by atoms with Gasteiger partial charge in [-0.3, -0.25) is 0 Å². The molecule has 58 valence electrons. The fourth-order valence-corrected chi connectivity index (χ4v) is 1.15. The van der Waals surface area contributed by atoms with Crippen molar-refractivity contribution in [3.8, 4) is 0 Å². The summed E-state index contributed by atoms with van der Waals surface area (Å²) in [4.78, 5) is 0. The van der Waals surface area contributed by atoms with Gasteiger partial charge in [-0.25, -0.2) is 0 Å². The Bertz CT molecular complexity index is 142. The molecular weight excluding hydrogens is 128 g/mol. The number of methoxy groups -OCH3 is 1. The van der Waals surface area contributed by atoms with E-state index in [4.69, 9.17) is 9.47 Å². The fourth-order valence-electron chi connectivity index (χ4n) is 1.15. The van der Waals surface area contributed by atoms with E-state index in [-0.39, 0.29) is 0 Å². The van der Waals surface area contributed by atoms with Crippen LogP contribution in [0.1, 0.15) is 20.3 Å². The van der Waals surface area contributed by atoms with Crippen LogP contribution in [0, 0.1) is 5.92 Å². The van der Waals surface area contributed by atoms with Crippen LogP contribution in [-0.2, 0) is 9.47 Å². The van der Waals surface area contributed by atoms with E-state index in [9.17, 15) is 0 Å². The zero-order valence-corrected chi connectivity index (χ0v) is 6.76. The molecule has 2 heteroatoms. The van der Waals surface area contributed by atoms with Gasteiger partial charge in [0.05, 0.1) is 6.26 Å². The van der Waals surface area contributed by atoms with E-state index in [0.717, 1.165) is 6.42 Å². The molecule has 0 amide bonds. The van der Waals surface area contributed by atoms with Gasteiger partial charge < -0.3 is 9.47 Å². The summed E-state index contributed by atoms with van der Waals surface area (Å²) in [7, 11) is 1.67. The second kappa shape index (κ2) is 2.62. The summed E-state index contributed by atoms with van der Waals surface area (Å²) in [5, 5.41) is 0. The number of ether oxygens (including phenoxy) is 2. The van der Waals surface area contributed by atoms with Crippen LogP contribution in [0.2, 0.25) is 0 Å². The summed E-state index contributed by atoms with van der Waals surface area (Å²) in [5.74, 6) is 0.160. The standard InChI is InChI=1S/C8H14O2/c1-7-4-5-10-8(2,6-7)9-3/h4-5,7H,6H2,1-3H3. The minimum absolute atomic E-state index is 0.395. The molecule has 0 radical (unpaired) electrons. The zero-order valence-electron chi connectivity index (χ0n) is 6.76. The average Bonchev–Trinajstić information content (AvgIpc) is 1.88. The molecule has 0 aromatic heterocycles. The highest BCUT2D eigenvalue weighted by atomic mass is 16.7. The van der Waals surface area contributed by atoms with E-state index in [1.807, 2.05) is 13.0 Å². The Morgan fingerprint density at radius 2 is 2.40 bits per heavy atom. The molecule has 0 saturated carbocycles. The van der Waals surface area contributed by atoms with Crippen molar-refractivity contribution in [1.82, 2.24) is 0 Å². The summed E-state index contributed by atoms with van der Waals surface area (Å²) < 4.78 is 10.5. The smallest absolute Gasteiger partial charge is 0.207 e. The zero-order chi connectivity index (χ0) is 7.61. The van der Waals surface area contributed by atoms with Gasteiger partial charge in [0.25, 0.3) is 0 Å². The van der Waals surface area contributed by atoms with Crippen molar-refractivity contribution in [2.45, 2.75) is 26.1 Å². The molecule has 0 fully saturated rings. The summed E-state index contributed by atoms with van der Waals surface area (Å²) in [5.41, 5.74) is 0. The molecule has 0 aromatic rings. The highest BCUT2D eigenvalue weighted by Gasteiger charge is 2.28. The van der Waals surface area contributed by atoms with E-state index in [0.29, 0.717) is 5.92 Å². The Morgan fingerprint density at radius 3 is 2.80 bits per heavy atom. The molecule has 0 aromatic carbocycles. The van der Waals surface area contributed by atoms with Gasteiger partial charge in [-0.1, -0.05) is 6.92 Å². The van der Waals surface area contributed by atoms with Crippen molar-refractivity contribution in [3.63, 3.8) is 0 Å². The summed E-state index contributed by atoms with van der Waals surface area (Å²) in [6.45, 7) is 4.10. The molecule has 1 aliphatic rings. The average molecular weight is 142 g/mol. The lowest BCUT2D eigenvalue weighted by atomic mass is 10.0. The van der Waals surface area contributed by atoms with Gasteiger partial charge in [0.1, 0.15) is 0 Å². The molecule has 2 nitrogen and oxygen atoms in total. The number of rotatable bonds is 1. The molecule has 1 aliphatic heterocycles. The lowest BCUT2D eigenvalue weighted by molar-refractivity contribution is -0.191. The number of hydrogen-bond donors (Lipinski definition) is 0. The van der Waals surface area contributed by atoms with Crippen molar-refractivity contribution in [3.05, 3.63) is 12.3 Å². The third-order valence-electron chi connectivity index (χ3n) is 1.85. The van der Waals surface area contributed by atoms with Gasteiger partial charge in [-0.15, -0.1) is 0 Å². The summed E-state index contributed by atoms with van der Waals surface area (Å²) >= 11 is 0. The minimum atomic E-state index is -0.395. The predicted octanol–water partition coefficient (Wildman–Crippen LogP) is 1.92. The maximum atomic E-state index is 5.28. The molecule has 0 bridgehead atoms. The molecule has 0 spiro atoms. The second-order valence-electron chi connectivity index (χ2n) is 2.97. The molecule has 1 rings (SSSR count). The molecule has 0 N–H and O–H groups in total. The predicted molar refractivity (Wildman–Crippen MR) is 39.4 cm³/mol. The molecule has 0 aliphatic carbocycles. The van der Waals surface area contributed by atoms with Crippen LogP contribution in [-0.4, -0.2) is 12.9 Å².